The van der Waals surface area contributed by atoms with E-state index in [0.717, 1.165) is 6.41 Å². The maximum Gasteiger partial charge on any atom is 0.321 e. The number of nitrogens with zero attached hydrogens (tertiary/aromatic N) is 2. The van der Waals surface area contributed by atoms with Crippen LogP contribution >= 0.6 is 0 Å². The Bertz CT molecular complexity index is 299. The van der Waals surface area contributed by atoms with E-state index in [-0.39, 0.29) is 11.4 Å². The van der Waals surface area contributed by atoms with Crippen LogP contribution in [0.2, 0.25) is 0 Å². The molecule has 1 fully saturated rings. The lowest BCUT2D eigenvalue weighted by Gasteiger charge is -2.32. The molecular formula is C12H21N3O2. The third-order valence-corrected chi connectivity index (χ3v) is 2.54. The highest BCUT2D eigenvalue weighted by atomic mass is 16.2. The number of amides is 3. The van der Waals surface area contributed by atoms with Gasteiger partial charge in [0.2, 0.25) is 6.41 Å². The minimum Gasteiger partial charge on any atom is -0.342 e. The van der Waals surface area contributed by atoms with Crippen LogP contribution in [-0.2, 0) is 4.79 Å². The summed E-state index contributed by atoms with van der Waals surface area (Å²) < 4.78 is 0. The summed E-state index contributed by atoms with van der Waals surface area (Å²) in [5.74, 6) is 0. The minimum absolute atomic E-state index is 0.0590. The second kappa shape index (κ2) is 5.70. The highest BCUT2D eigenvalue weighted by Gasteiger charge is 2.19. The number of urea groups is 1. The number of allylic oxidation sites excluding steroid dienone is 1. The van der Waals surface area contributed by atoms with Gasteiger partial charge in [-0.3, -0.25) is 4.79 Å². The van der Waals surface area contributed by atoms with E-state index in [9.17, 15) is 9.59 Å². The van der Waals surface area contributed by atoms with Crippen LogP contribution < -0.4 is 5.32 Å². The van der Waals surface area contributed by atoms with Gasteiger partial charge in [-0.1, -0.05) is 26.8 Å². The molecule has 0 aromatic rings. The molecule has 5 nitrogen and oxygen atoms in total. The third kappa shape index (κ3) is 4.89. The maximum absolute atomic E-state index is 11.7. The molecule has 0 bridgehead atoms. The summed E-state index contributed by atoms with van der Waals surface area (Å²) in [4.78, 5) is 25.6. The van der Waals surface area contributed by atoms with Crippen molar-refractivity contribution in [3.8, 4) is 0 Å². The van der Waals surface area contributed by atoms with Gasteiger partial charge in [0, 0.05) is 32.4 Å². The van der Waals surface area contributed by atoms with E-state index in [1.807, 2.05) is 6.08 Å². The number of hydrogen-bond acceptors (Lipinski definition) is 2. The molecule has 3 amide bonds. The number of nitrogens with one attached hydrogen (secondary N) is 1. The molecule has 0 atom stereocenters. The van der Waals surface area contributed by atoms with Gasteiger partial charge in [-0.15, -0.1) is 0 Å². The van der Waals surface area contributed by atoms with Gasteiger partial charge in [-0.25, -0.2) is 4.79 Å². The minimum atomic E-state index is -0.101. The van der Waals surface area contributed by atoms with Crippen molar-refractivity contribution >= 4 is 12.4 Å². The molecule has 1 rings (SSSR count). The molecule has 0 radical (unpaired) electrons. The summed E-state index contributed by atoms with van der Waals surface area (Å²) in [6.07, 6.45) is 4.47. The smallest absolute Gasteiger partial charge is 0.321 e. The van der Waals surface area contributed by atoms with Crippen LogP contribution in [0.15, 0.2) is 12.3 Å². The summed E-state index contributed by atoms with van der Waals surface area (Å²) in [5, 5.41) is 2.74. The van der Waals surface area contributed by atoms with Crippen molar-refractivity contribution in [1.29, 1.82) is 0 Å². The highest BCUT2D eigenvalue weighted by molar-refractivity contribution is 5.75. The van der Waals surface area contributed by atoms with Gasteiger partial charge in [0.25, 0.3) is 0 Å². The summed E-state index contributed by atoms with van der Waals surface area (Å²) in [5.41, 5.74) is 0.0590. The van der Waals surface area contributed by atoms with Crippen molar-refractivity contribution in [2.45, 2.75) is 20.8 Å². The quantitative estimate of drug-likeness (QED) is 0.732. The zero-order valence-electron chi connectivity index (χ0n) is 10.8. The number of hydrogen-bond donors (Lipinski definition) is 1. The molecular weight excluding hydrogens is 218 g/mol. The number of carbonyl (C=O) groups is 2. The van der Waals surface area contributed by atoms with Crippen molar-refractivity contribution in [3.63, 3.8) is 0 Å². The van der Waals surface area contributed by atoms with Crippen LogP contribution in [0.5, 0.6) is 0 Å². The fourth-order valence-electron chi connectivity index (χ4n) is 1.48. The molecule has 1 heterocycles. The van der Waals surface area contributed by atoms with E-state index in [0.29, 0.717) is 26.2 Å². The van der Waals surface area contributed by atoms with E-state index in [1.54, 1.807) is 16.0 Å². The first-order chi connectivity index (χ1) is 7.92. The van der Waals surface area contributed by atoms with Crippen LogP contribution in [0.3, 0.4) is 0 Å². The number of piperazine rings is 1. The van der Waals surface area contributed by atoms with Crippen LogP contribution in [0.4, 0.5) is 4.79 Å². The molecule has 1 saturated heterocycles. The second-order valence-electron chi connectivity index (χ2n) is 5.28. The predicted molar refractivity (Wildman–Crippen MR) is 66.3 cm³/mol. The van der Waals surface area contributed by atoms with E-state index >= 15 is 0 Å². The molecule has 0 aliphatic carbocycles. The maximum atomic E-state index is 11.7. The van der Waals surface area contributed by atoms with E-state index in [4.69, 9.17) is 0 Å². The largest absolute Gasteiger partial charge is 0.342 e. The van der Waals surface area contributed by atoms with E-state index in [1.165, 1.54) is 0 Å². The Labute approximate surface area is 102 Å². The Balaban J connectivity index is 2.34. The Morgan fingerprint density at radius 3 is 2.24 bits per heavy atom. The summed E-state index contributed by atoms with van der Waals surface area (Å²) in [7, 11) is 0. The van der Waals surface area contributed by atoms with Crippen LogP contribution in [0.1, 0.15) is 20.8 Å². The first-order valence-electron chi connectivity index (χ1n) is 5.85. The lowest BCUT2D eigenvalue weighted by atomic mass is 9.97. The fraction of sp³-hybridized carbons (Fsp3) is 0.667. The first-order valence-corrected chi connectivity index (χ1v) is 5.85. The Morgan fingerprint density at radius 1 is 1.18 bits per heavy atom. The summed E-state index contributed by atoms with van der Waals surface area (Å²) in [6.45, 7) is 8.61. The van der Waals surface area contributed by atoms with E-state index < -0.39 is 0 Å². The van der Waals surface area contributed by atoms with Crippen LogP contribution in [-0.4, -0.2) is 48.4 Å². The molecule has 0 unspecified atom stereocenters. The number of rotatable bonds is 2. The molecule has 1 aliphatic rings. The fourth-order valence-corrected chi connectivity index (χ4v) is 1.48. The summed E-state index contributed by atoms with van der Waals surface area (Å²) >= 11 is 0. The average molecular weight is 239 g/mol. The van der Waals surface area contributed by atoms with Gasteiger partial charge in [0.05, 0.1) is 0 Å². The van der Waals surface area contributed by atoms with Crippen molar-refractivity contribution in [3.05, 3.63) is 12.3 Å². The monoisotopic (exact) mass is 239 g/mol. The SMILES string of the molecule is CC(C)(C)/C=C/NC(=O)N1CCN(C=O)CC1. The molecule has 5 heteroatoms. The van der Waals surface area contributed by atoms with Crippen LogP contribution in [0, 0.1) is 5.41 Å². The zero-order valence-corrected chi connectivity index (χ0v) is 10.8. The third-order valence-electron chi connectivity index (χ3n) is 2.54. The lowest BCUT2D eigenvalue weighted by Crippen LogP contribution is -2.50. The molecule has 0 aromatic heterocycles. The normalized spacial score (nSPS) is 17.4. The summed E-state index contributed by atoms with van der Waals surface area (Å²) in [6, 6.07) is -0.101. The van der Waals surface area contributed by atoms with Crippen molar-refractivity contribution < 1.29 is 9.59 Å². The molecule has 1 aliphatic heterocycles. The Hall–Kier alpha value is -1.52. The van der Waals surface area contributed by atoms with Gasteiger partial charge >= 0.3 is 6.03 Å². The van der Waals surface area contributed by atoms with Gasteiger partial charge in [-0.05, 0) is 5.41 Å². The average Bonchev–Trinajstić information content (AvgIpc) is 2.27. The zero-order chi connectivity index (χ0) is 12.9. The molecule has 0 spiro atoms. The Kier molecular flexibility index (Phi) is 4.54. The first kappa shape index (κ1) is 13.5. The standard InChI is InChI=1S/C12H21N3O2/c1-12(2,3)4-5-13-11(17)15-8-6-14(10-16)7-9-15/h4-5,10H,6-9H2,1-3H3,(H,13,17)/b5-4+. The second-order valence-corrected chi connectivity index (χ2v) is 5.28. The van der Waals surface area contributed by atoms with Crippen molar-refractivity contribution in [1.82, 2.24) is 15.1 Å². The molecule has 96 valence electrons. The molecule has 0 aromatic carbocycles. The van der Waals surface area contributed by atoms with Crippen LogP contribution in [0.25, 0.3) is 0 Å². The van der Waals surface area contributed by atoms with Gasteiger partial charge < -0.3 is 15.1 Å². The van der Waals surface area contributed by atoms with Crippen molar-refractivity contribution in [2.75, 3.05) is 26.2 Å². The van der Waals surface area contributed by atoms with Gasteiger partial charge in [0.1, 0.15) is 0 Å². The van der Waals surface area contributed by atoms with Gasteiger partial charge in [0.15, 0.2) is 0 Å². The number of carbonyl (C=O) groups excluding carboxylic acids is 2. The lowest BCUT2D eigenvalue weighted by molar-refractivity contribution is -0.119. The molecule has 17 heavy (non-hydrogen) atoms. The molecule has 1 N–H and O–H groups in total. The van der Waals surface area contributed by atoms with Crippen molar-refractivity contribution in [2.24, 2.45) is 5.41 Å². The molecule has 0 saturated carbocycles. The predicted octanol–water partition coefficient (Wildman–Crippen LogP) is 1.03. The van der Waals surface area contributed by atoms with E-state index in [2.05, 4.69) is 26.1 Å². The highest BCUT2D eigenvalue weighted by Crippen LogP contribution is 2.13. The Morgan fingerprint density at radius 2 is 1.76 bits per heavy atom. The topological polar surface area (TPSA) is 52.7 Å². The van der Waals surface area contributed by atoms with Gasteiger partial charge in [-0.2, -0.15) is 0 Å².